The predicted molar refractivity (Wildman–Crippen MR) is 74.6 cm³/mol. The molecule has 1 N–H and O–H groups in total. The maximum absolute atomic E-state index is 11.7. The van der Waals surface area contributed by atoms with Crippen LogP contribution in [0.3, 0.4) is 0 Å². The van der Waals surface area contributed by atoms with Gasteiger partial charge in [-0.25, -0.2) is 4.79 Å². The maximum Gasteiger partial charge on any atom is 0.340 e. The van der Waals surface area contributed by atoms with Crippen LogP contribution in [0.15, 0.2) is 18.2 Å². The van der Waals surface area contributed by atoms with E-state index in [0.717, 1.165) is 0 Å². The Hall–Kier alpha value is -1.26. The number of halogens is 2. The van der Waals surface area contributed by atoms with Gasteiger partial charge in [0.15, 0.2) is 6.61 Å². The fourth-order valence-corrected chi connectivity index (χ4v) is 1.60. The van der Waals surface area contributed by atoms with Gasteiger partial charge >= 0.3 is 5.97 Å². The largest absolute Gasteiger partial charge is 0.452 e. The fraction of sp³-hybridized carbons (Fsp3) is 0.385. The number of hydrogen-bond donors (Lipinski definition) is 1. The quantitative estimate of drug-likeness (QED) is 0.851. The highest BCUT2D eigenvalue weighted by Crippen LogP contribution is 2.21. The van der Waals surface area contributed by atoms with Crippen LogP contribution < -0.4 is 5.32 Å². The van der Waals surface area contributed by atoms with Crippen molar-refractivity contribution in [3.63, 3.8) is 0 Å². The first-order valence-corrected chi connectivity index (χ1v) is 6.54. The number of rotatable bonds is 5. The van der Waals surface area contributed by atoms with Crippen LogP contribution in [0.5, 0.6) is 0 Å². The summed E-state index contributed by atoms with van der Waals surface area (Å²) in [5, 5.41) is 3.25. The highest BCUT2D eigenvalue weighted by Gasteiger charge is 2.14. The SMILES string of the molecule is CC(C)CNC(=O)COC(=O)c1cc(Cl)ccc1Cl. The summed E-state index contributed by atoms with van der Waals surface area (Å²) in [4.78, 5) is 23.1. The van der Waals surface area contributed by atoms with Crippen LogP contribution in [-0.4, -0.2) is 25.0 Å². The summed E-state index contributed by atoms with van der Waals surface area (Å²) in [6.07, 6.45) is 0. The predicted octanol–water partition coefficient (Wildman–Crippen LogP) is 2.92. The molecule has 0 atom stereocenters. The Morgan fingerprint density at radius 1 is 1.32 bits per heavy atom. The van der Waals surface area contributed by atoms with E-state index in [-0.39, 0.29) is 23.1 Å². The molecule has 1 amide bonds. The van der Waals surface area contributed by atoms with Gasteiger partial charge in [0.25, 0.3) is 5.91 Å². The van der Waals surface area contributed by atoms with Crippen molar-refractivity contribution in [3.8, 4) is 0 Å². The molecule has 0 radical (unpaired) electrons. The van der Waals surface area contributed by atoms with Crippen molar-refractivity contribution in [1.82, 2.24) is 5.32 Å². The molecule has 0 aromatic heterocycles. The molecule has 0 saturated carbocycles. The lowest BCUT2D eigenvalue weighted by Gasteiger charge is -2.09. The number of amides is 1. The zero-order valence-electron chi connectivity index (χ0n) is 10.7. The van der Waals surface area contributed by atoms with Crippen LogP contribution in [0.4, 0.5) is 0 Å². The second-order valence-electron chi connectivity index (χ2n) is 4.40. The van der Waals surface area contributed by atoms with Crippen molar-refractivity contribution in [3.05, 3.63) is 33.8 Å². The van der Waals surface area contributed by atoms with Gasteiger partial charge in [-0.05, 0) is 24.1 Å². The standard InChI is InChI=1S/C13H15Cl2NO3/c1-8(2)6-16-12(17)7-19-13(18)10-5-9(14)3-4-11(10)15/h3-5,8H,6-7H2,1-2H3,(H,16,17). The Labute approximate surface area is 122 Å². The summed E-state index contributed by atoms with van der Waals surface area (Å²) in [5.74, 6) is -0.686. The lowest BCUT2D eigenvalue weighted by molar-refractivity contribution is -0.124. The molecule has 104 valence electrons. The summed E-state index contributed by atoms with van der Waals surface area (Å²) in [6, 6.07) is 4.47. The lowest BCUT2D eigenvalue weighted by Crippen LogP contribution is -2.31. The molecule has 0 aliphatic carbocycles. The van der Waals surface area contributed by atoms with Gasteiger partial charge in [-0.1, -0.05) is 37.0 Å². The van der Waals surface area contributed by atoms with E-state index >= 15 is 0 Å². The van der Waals surface area contributed by atoms with Crippen LogP contribution in [-0.2, 0) is 9.53 Å². The highest BCUT2D eigenvalue weighted by atomic mass is 35.5. The number of hydrogen-bond acceptors (Lipinski definition) is 3. The Morgan fingerprint density at radius 2 is 2.00 bits per heavy atom. The number of ether oxygens (including phenoxy) is 1. The van der Waals surface area contributed by atoms with Crippen LogP contribution in [0.2, 0.25) is 10.0 Å². The molecule has 1 aromatic carbocycles. The Kier molecular flexibility index (Phi) is 6.12. The number of esters is 1. The molecule has 0 bridgehead atoms. The first kappa shape index (κ1) is 15.8. The van der Waals surface area contributed by atoms with Gasteiger partial charge < -0.3 is 10.1 Å². The van der Waals surface area contributed by atoms with Crippen molar-refractivity contribution in [2.45, 2.75) is 13.8 Å². The summed E-state index contributed by atoms with van der Waals surface area (Å²) < 4.78 is 4.86. The summed E-state index contributed by atoms with van der Waals surface area (Å²) in [5.41, 5.74) is 0.144. The molecule has 19 heavy (non-hydrogen) atoms. The molecule has 0 aliphatic rings. The van der Waals surface area contributed by atoms with Gasteiger partial charge in [0, 0.05) is 11.6 Å². The third-order valence-electron chi connectivity index (χ3n) is 2.19. The van der Waals surface area contributed by atoms with E-state index in [4.69, 9.17) is 27.9 Å². The molecule has 1 rings (SSSR count). The van der Waals surface area contributed by atoms with Crippen molar-refractivity contribution >= 4 is 35.1 Å². The van der Waals surface area contributed by atoms with Gasteiger partial charge in [-0.2, -0.15) is 0 Å². The molecule has 1 aromatic rings. The van der Waals surface area contributed by atoms with E-state index in [1.165, 1.54) is 12.1 Å². The van der Waals surface area contributed by atoms with Crippen molar-refractivity contribution < 1.29 is 14.3 Å². The van der Waals surface area contributed by atoms with Crippen LogP contribution in [0, 0.1) is 5.92 Å². The van der Waals surface area contributed by atoms with Gasteiger partial charge in [-0.3, -0.25) is 4.79 Å². The monoisotopic (exact) mass is 303 g/mol. The average Bonchev–Trinajstić information content (AvgIpc) is 2.36. The molecule has 4 nitrogen and oxygen atoms in total. The Morgan fingerprint density at radius 3 is 2.63 bits per heavy atom. The number of benzene rings is 1. The minimum absolute atomic E-state index is 0.144. The van der Waals surface area contributed by atoms with E-state index in [0.29, 0.717) is 17.5 Å². The molecule has 0 spiro atoms. The highest BCUT2D eigenvalue weighted by molar-refractivity contribution is 6.35. The molecule has 0 fully saturated rings. The second kappa shape index (κ2) is 7.36. The maximum atomic E-state index is 11.7. The van der Waals surface area contributed by atoms with E-state index < -0.39 is 5.97 Å². The van der Waals surface area contributed by atoms with Crippen LogP contribution >= 0.6 is 23.2 Å². The summed E-state index contributed by atoms with van der Waals surface area (Å²) in [6.45, 7) is 4.14. The molecule has 0 unspecified atom stereocenters. The third-order valence-corrected chi connectivity index (χ3v) is 2.75. The van der Waals surface area contributed by atoms with Crippen molar-refractivity contribution in [2.75, 3.05) is 13.2 Å². The van der Waals surface area contributed by atoms with Crippen LogP contribution in [0.1, 0.15) is 24.2 Å². The normalized spacial score (nSPS) is 10.4. The zero-order valence-corrected chi connectivity index (χ0v) is 12.2. The minimum Gasteiger partial charge on any atom is -0.452 e. The molecule has 0 saturated heterocycles. The van der Waals surface area contributed by atoms with E-state index in [1.54, 1.807) is 6.07 Å². The van der Waals surface area contributed by atoms with Crippen molar-refractivity contribution in [2.24, 2.45) is 5.92 Å². The second-order valence-corrected chi connectivity index (χ2v) is 5.24. The topological polar surface area (TPSA) is 55.4 Å². The van der Waals surface area contributed by atoms with Crippen molar-refractivity contribution in [1.29, 1.82) is 0 Å². The number of carbonyl (C=O) groups excluding carboxylic acids is 2. The summed E-state index contributed by atoms with van der Waals surface area (Å²) >= 11 is 11.6. The molecule has 6 heteroatoms. The lowest BCUT2D eigenvalue weighted by atomic mass is 10.2. The Balaban J connectivity index is 2.51. The van der Waals surface area contributed by atoms with E-state index in [2.05, 4.69) is 5.32 Å². The van der Waals surface area contributed by atoms with Crippen LogP contribution in [0.25, 0.3) is 0 Å². The zero-order chi connectivity index (χ0) is 14.4. The average molecular weight is 304 g/mol. The fourth-order valence-electron chi connectivity index (χ4n) is 1.23. The van der Waals surface area contributed by atoms with Gasteiger partial charge in [0.1, 0.15) is 0 Å². The number of carbonyl (C=O) groups is 2. The summed E-state index contributed by atoms with van der Waals surface area (Å²) in [7, 11) is 0. The van der Waals surface area contributed by atoms with E-state index in [1.807, 2.05) is 13.8 Å². The molecule has 0 aliphatic heterocycles. The number of nitrogens with one attached hydrogen (secondary N) is 1. The van der Waals surface area contributed by atoms with Gasteiger partial charge in [-0.15, -0.1) is 0 Å². The van der Waals surface area contributed by atoms with Gasteiger partial charge in [0.05, 0.1) is 10.6 Å². The first-order valence-electron chi connectivity index (χ1n) is 5.79. The first-order chi connectivity index (χ1) is 8.90. The third kappa shape index (κ3) is 5.49. The minimum atomic E-state index is -0.674. The smallest absolute Gasteiger partial charge is 0.340 e. The molecular weight excluding hydrogens is 289 g/mol. The van der Waals surface area contributed by atoms with Gasteiger partial charge in [0.2, 0.25) is 0 Å². The van der Waals surface area contributed by atoms with E-state index in [9.17, 15) is 9.59 Å². The molecule has 0 heterocycles. The molecular formula is C13H15Cl2NO3. The Bertz CT molecular complexity index is 475.